The molecular formula is C17H17N3OS. The van der Waals surface area contributed by atoms with Gasteiger partial charge in [0.1, 0.15) is 5.75 Å². The summed E-state index contributed by atoms with van der Waals surface area (Å²) < 4.78 is 5.84. The number of thiophene rings is 1. The first-order valence-electron chi connectivity index (χ1n) is 7.07. The van der Waals surface area contributed by atoms with Gasteiger partial charge in [0.05, 0.1) is 6.20 Å². The molecule has 0 saturated carbocycles. The van der Waals surface area contributed by atoms with Crippen molar-refractivity contribution in [1.29, 1.82) is 0 Å². The molecule has 0 fully saturated rings. The SMILES string of the molecule is Cc1ccc(Oc2ncccc2CNCc2ccsc2)cn1. The fourth-order valence-electron chi connectivity index (χ4n) is 2.01. The van der Waals surface area contributed by atoms with Crippen molar-refractivity contribution < 1.29 is 4.74 Å². The smallest absolute Gasteiger partial charge is 0.223 e. The van der Waals surface area contributed by atoms with E-state index in [0.29, 0.717) is 18.2 Å². The summed E-state index contributed by atoms with van der Waals surface area (Å²) in [5.74, 6) is 1.31. The van der Waals surface area contributed by atoms with E-state index >= 15 is 0 Å². The Morgan fingerprint density at radius 1 is 1.14 bits per heavy atom. The number of hydrogen-bond donors (Lipinski definition) is 1. The molecule has 3 aromatic heterocycles. The van der Waals surface area contributed by atoms with E-state index in [9.17, 15) is 0 Å². The summed E-state index contributed by atoms with van der Waals surface area (Å²) in [7, 11) is 0. The Bertz CT molecular complexity index is 711. The second kappa shape index (κ2) is 7.15. The second-order valence-corrected chi connectivity index (χ2v) is 5.72. The molecule has 0 amide bonds. The van der Waals surface area contributed by atoms with Crippen LogP contribution in [0.4, 0.5) is 0 Å². The van der Waals surface area contributed by atoms with Crippen molar-refractivity contribution in [3.05, 3.63) is 70.3 Å². The Morgan fingerprint density at radius 3 is 2.86 bits per heavy atom. The van der Waals surface area contributed by atoms with Crippen molar-refractivity contribution in [2.24, 2.45) is 0 Å². The van der Waals surface area contributed by atoms with Crippen molar-refractivity contribution in [1.82, 2.24) is 15.3 Å². The highest BCUT2D eigenvalue weighted by Gasteiger charge is 2.06. The van der Waals surface area contributed by atoms with E-state index in [-0.39, 0.29) is 0 Å². The van der Waals surface area contributed by atoms with Gasteiger partial charge >= 0.3 is 0 Å². The number of nitrogens with one attached hydrogen (secondary N) is 1. The Labute approximate surface area is 133 Å². The van der Waals surface area contributed by atoms with Crippen LogP contribution in [0.1, 0.15) is 16.8 Å². The molecule has 3 aromatic rings. The minimum atomic E-state index is 0.617. The third-order valence-corrected chi connectivity index (χ3v) is 3.91. The van der Waals surface area contributed by atoms with Crippen LogP contribution in [0.25, 0.3) is 0 Å². The molecule has 5 heteroatoms. The number of pyridine rings is 2. The molecule has 22 heavy (non-hydrogen) atoms. The molecule has 0 atom stereocenters. The highest BCUT2D eigenvalue weighted by atomic mass is 32.1. The van der Waals surface area contributed by atoms with Crippen LogP contribution in [0.3, 0.4) is 0 Å². The first-order valence-corrected chi connectivity index (χ1v) is 8.02. The van der Waals surface area contributed by atoms with Gasteiger partial charge in [-0.3, -0.25) is 4.98 Å². The van der Waals surface area contributed by atoms with Gasteiger partial charge in [0.2, 0.25) is 5.88 Å². The largest absolute Gasteiger partial charge is 0.437 e. The van der Waals surface area contributed by atoms with E-state index < -0.39 is 0 Å². The lowest BCUT2D eigenvalue weighted by atomic mass is 10.2. The van der Waals surface area contributed by atoms with Crippen LogP contribution in [-0.4, -0.2) is 9.97 Å². The molecular weight excluding hydrogens is 294 g/mol. The topological polar surface area (TPSA) is 47.0 Å². The van der Waals surface area contributed by atoms with Gasteiger partial charge in [0, 0.05) is 30.5 Å². The van der Waals surface area contributed by atoms with E-state index in [1.54, 1.807) is 23.7 Å². The summed E-state index contributed by atoms with van der Waals surface area (Å²) in [4.78, 5) is 8.56. The maximum absolute atomic E-state index is 5.84. The quantitative estimate of drug-likeness (QED) is 0.749. The highest BCUT2D eigenvalue weighted by Crippen LogP contribution is 2.22. The fraction of sp³-hybridized carbons (Fsp3) is 0.176. The predicted molar refractivity (Wildman–Crippen MR) is 88.1 cm³/mol. The van der Waals surface area contributed by atoms with Crippen molar-refractivity contribution >= 4 is 11.3 Å². The van der Waals surface area contributed by atoms with E-state index in [2.05, 4.69) is 32.1 Å². The molecule has 0 spiro atoms. The van der Waals surface area contributed by atoms with Crippen molar-refractivity contribution in [2.75, 3.05) is 0 Å². The lowest BCUT2D eigenvalue weighted by Crippen LogP contribution is -2.13. The van der Waals surface area contributed by atoms with E-state index in [4.69, 9.17) is 4.74 Å². The molecule has 0 bridgehead atoms. The van der Waals surface area contributed by atoms with E-state index in [0.717, 1.165) is 17.8 Å². The summed E-state index contributed by atoms with van der Waals surface area (Å²) in [6.45, 7) is 3.49. The van der Waals surface area contributed by atoms with Gasteiger partial charge in [-0.25, -0.2) is 4.98 Å². The Hall–Kier alpha value is -2.24. The van der Waals surface area contributed by atoms with Crippen LogP contribution in [0.2, 0.25) is 0 Å². The summed E-state index contributed by atoms with van der Waals surface area (Å²) in [5, 5.41) is 7.64. The minimum Gasteiger partial charge on any atom is -0.437 e. The Kier molecular flexibility index (Phi) is 4.78. The van der Waals surface area contributed by atoms with Crippen LogP contribution in [-0.2, 0) is 13.1 Å². The summed E-state index contributed by atoms with van der Waals surface area (Å²) in [6, 6.07) is 9.88. The molecule has 0 aliphatic heterocycles. The molecule has 3 rings (SSSR count). The summed E-state index contributed by atoms with van der Waals surface area (Å²) in [6.07, 6.45) is 3.45. The van der Waals surface area contributed by atoms with Gasteiger partial charge in [-0.05, 0) is 47.5 Å². The molecule has 0 saturated heterocycles. The average molecular weight is 311 g/mol. The molecule has 0 aromatic carbocycles. The fourth-order valence-corrected chi connectivity index (χ4v) is 2.68. The molecule has 1 N–H and O–H groups in total. The zero-order valence-electron chi connectivity index (χ0n) is 12.3. The van der Waals surface area contributed by atoms with Crippen LogP contribution < -0.4 is 10.1 Å². The number of aromatic nitrogens is 2. The highest BCUT2D eigenvalue weighted by molar-refractivity contribution is 7.07. The first-order chi connectivity index (χ1) is 10.8. The van der Waals surface area contributed by atoms with Gasteiger partial charge < -0.3 is 10.1 Å². The van der Waals surface area contributed by atoms with Gasteiger partial charge in [0.15, 0.2) is 0 Å². The monoisotopic (exact) mass is 311 g/mol. The van der Waals surface area contributed by atoms with Crippen LogP contribution in [0, 0.1) is 6.92 Å². The standard InChI is InChI=1S/C17H17N3OS/c1-13-4-5-16(11-20-13)21-17-15(3-2-7-19-17)10-18-9-14-6-8-22-12-14/h2-8,11-12,18H,9-10H2,1H3. The maximum atomic E-state index is 5.84. The predicted octanol–water partition coefficient (Wildman–Crippen LogP) is 3.93. The van der Waals surface area contributed by atoms with E-state index in [1.807, 2.05) is 31.2 Å². The maximum Gasteiger partial charge on any atom is 0.223 e. The van der Waals surface area contributed by atoms with E-state index in [1.165, 1.54) is 5.56 Å². The molecule has 0 unspecified atom stereocenters. The van der Waals surface area contributed by atoms with Crippen molar-refractivity contribution in [3.8, 4) is 11.6 Å². The minimum absolute atomic E-state index is 0.617. The number of nitrogens with zero attached hydrogens (tertiary/aromatic N) is 2. The lowest BCUT2D eigenvalue weighted by molar-refractivity contribution is 0.450. The molecule has 0 radical (unpaired) electrons. The van der Waals surface area contributed by atoms with Gasteiger partial charge in [0.25, 0.3) is 0 Å². The third-order valence-electron chi connectivity index (χ3n) is 3.17. The Balaban J connectivity index is 1.65. The molecule has 0 aliphatic carbocycles. The van der Waals surface area contributed by atoms with Crippen molar-refractivity contribution in [2.45, 2.75) is 20.0 Å². The zero-order valence-corrected chi connectivity index (χ0v) is 13.1. The number of rotatable bonds is 6. The lowest BCUT2D eigenvalue weighted by Gasteiger charge is -2.10. The second-order valence-electron chi connectivity index (χ2n) is 4.94. The summed E-state index contributed by atoms with van der Waals surface area (Å²) in [5.41, 5.74) is 3.28. The number of hydrogen-bond acceptors (Lipinski definition) is 5. The van der Waals surface area contributed by atoms with Gasteiger partial charge in [-0.1, -0.05) is 6.07 Å². The zero-order chi connectivity index (χ0) is 15.2. The number of aryl methyl sites for hydroxylation is 1. The van der Waals surface area contributed by atoms with Crippen LogP contribution in [0.5, 0.6) is 11.6 Å². The van der Waals surface area contributed by atoms with Gasteiger partial charge in [-0.2, -0.15) is 11.3 Å². The normalized spacial score (nSPS) is 10.6. The first kappa shape index (κ1) is 14.7. The number of ether oxygens (including phenoxy) is 1. The average Bonchev–Trinajstić information content (AvgIpc) is 3.05. The van der Waals surface area contributed by atoms with Crippen LogP contribution in [0.15, 0.2) is 53.5 Å². The Morgan fingerprint density at radius 2 is 2.09 bits per heavy atom. The molecule has 4 nitrogen and oxygen atoms in total. The third kappa shape index (κ3) is 3.90. The molecule has 3 heterocycles. The van der Waals surface area contributed by atoms with Crippen LogP contribution >= 0.6 is 11.3 Å². The van der Waals surface area contributed by atoms with Gasteiger partial charge in [-0.15, -0.1) is 0 Å². The van der Waals surface area contributed by atoms with Crippen molar-refractivity contribution in [3.63, 3.8) is 0 Å². The molecule has 0 aliphatic rings. The molecule has 112 valence electrons. The summed E-state index contributed by atoms with van der Waals surface area (Å²) >= 11 is 1.71.